The van der Waals surface area contributed by atoms with Gasteiger partial charge in [0.05, 0.1) is 0 Å². The Hall–Kier alpha value is -0.870. The van der Waals surface area contributed by atoms with Crippen molar-refractivity contribution in [2.24, 2.45) is 0 Å². The molecule has 3 aliphatic rings. The van der Waals surface area contributed by atoms with Gasteiger partial charge in [-0.15, -0.1) is 0 Å². The van der Waals surface area contributed by atoms with Gasteiger partial charge in [-0.1, -0.05) is 6.08 Å². The SMILES string of the molecule is O=C(O)C12C=CC3OC3C1O2. The lowest BCUT2D eigenvalue weighted by Crippen LogP contribution is -2.29. The van der Waals surface area contributed by atoms with Crippen LogP contribution in [0, 0.1) is 0 Å². The summed E-state index contributed by atoms with van der Waals surface area (Å²) in [6.45, 7) is 0. The molecule has 0 bridgehead atoms. The Balaban J connectivity index is 1.99. The number of carboxylic acid groups (broad SMARTS) is 1. The molecule has 1 aliphatic carbocycles. The van der Waals surface area contributed by atoms with Crippen molar-refractivity contribution in [1.82, 2.24) is 0 Å². The fourth-order valence-electron chi connectivity index (χ4n) is 1.64. The molecular formula is C7H6O4. The number of ether oxygens (including phenoxy) is 2. The summed E-state index contributed by atoms with van der Waals surface area (Å²) in [5, 5.41) is 8.74. The summed E-state index contributed by atoms with van der Waals surface area (Å²) >= 11 is 0. The maximum atomic E-state index is 10.7. The van der Waals surface area contributed by atoms with Gasteiger partial charge in [0.25, 0.3) is 0 Å². The van der Waals surface area contributed by atoms with Crippen LogP contribution < -0.4 is 0 Å². The first kappa shape index (κ1) is 5.74. The van der Waals surface area contributed by atoms with Crippen LogP contribution in [-0.4, -0.2) is 35.0 Å². The van der Waals surface area contributed by atoms with E-state index in [2.05, 4.69) is 0 Å². The average Bonchev–Trinajstić information content (AvgIpc) is 2.81. The lowest BCUT2D eigenvalue weighted by atomic mass is 9.96. The predicted molar refractivity (Wildman–Crippen MR) is 33.0 cm³/mol. The molecule has 4 atom stereocenters. The Labute approximate surface area is 62.4 Å². The standard InChI is InChI=1S/C7H6O4/c8-6(9)7-2-1-3-4(10-3)5(7)11-7/h1-5H,(H,8,9). The largest absolute Gasteiger partial charge is 0.479 e. The van der Waals surface area contributed by atoms with Crippen molar-refractivity contribution in [1.29, 1.82) is 0 Å². The molecule has 0 amide bonds. The van der Waals surface area contributed by atoms with Crippen LogP contribution in [0.15, 0.2) is 12.2 Å². The van der Waals surface area contributed by atoms with Gasteiger partial charge in [-0.2, -0.15) is 0 Å². The number of hydrogen-bond donors (Lipinski definition) is 1. The van der Waals surface area contributed by atoms with Crippen LogP contribution >= 0.6 is 0 Å². The molecule has 2 fully saturated rings. The molecule has 2 aliphatic heterocycles. The van der Waals surface area contributed by atoms with Gasteiger partial charge in [-0.25, -0.2) is 4.79 Å². The lowest BCUT2D eigenvalue weighted by Gasteiger charge is -2.01. The van der Waals surface area contributed by atoms with Crippen LogP contribution in [-0.2, 0) is 14.3 Å². The zero-order chi connectivity index (χ0) is 7.64. The molecule has 2 saturated heterocycles. The fraction of sp³-hybridized carbons (Fsp3) is 0.571. The first-order valence-corrected chi connectivity index (χ1v) is 3.50. The van der Waals surface area contributed by atoms with Crippen molar-refractivity contribution in [2.75, 3.05) is 0 Å². The van der Waals surface area contributed by atoms with Crippen molar-refractivity contribution >= 4 is 5.97 Å². The van der Waals surface area contributed by atoms with Gasteiger partial charge >= 0.3 is 5.97 Å². The minimum absolute atomic E-state index is 0.0103. The van der Waals surface area contributed by atoms with E-state index in [0.29, 0.717) is 0 Å². The normalized spacial score (nSPS) is 56.2. The fourth-order valence-corrected chi connectivity index (χ4v) is 1.64. The first-order chi connectivity index (χ1) is 5.24. The molecule has 0 aromatic heterocycles. The second kappa shape index (κ2) is 1.35. The molecular weight excluding hydrogens is 148 g/mol. The summed E-state index contributed by atoms with van der Waals surface area (Å²) in [6.07, 6.45) is 3.26. The Morgan fingerprint density at radius 3 is 3.18 bits per heavy atom. The summed E-state index contributed by atoms with van der Waals surface area (Å²) in [5.74, 6) is -0.910. The molecule has 0 radical (unpaired) electrons. The highest BCUT2D eigenvalue weighted by Gasteiger charge is 2.72. The zero-order valence-corrected chi connectivity index (χ0v) is 5.56. The topological polar surface area (TPSA) is 62.4 Å². The molecule has 58 valence electrons. The van der Waals surface area contributed by atoms with Gasteiger partial charge in [0.1, 0.15) is 18.3 Å². The number of hydrogen-bond acceptors (Lipinski definition) is 3. The van der Waals surface area contributed by atoms with Gasteiger partial charge in [-0.3, -0.25) is 0 Å². The van der Waals surface area contributed by atoms with Gasteiger partial charge in [0.2, 0.25) is 5.60 Å². The third-order valence-corrected chi connectivity index (χ3v) is 2.42. The van der Waals surface area contributed by atoms with Crippen LogP contribution in [0.5, 0.6) is 0 Å². The van der Waals surface area contributed by atoms with Gasteiger partial charge in [0.15, 0.2) is 0 Å². The molecule has 11 heavy (non-hydrogen) atoms. The highest BCUT2D eigenvalue weighted by atomic mass is 16.7. The Morgan fingerprint density at radius 1 is 1.64 bits per heavy atom. The molecule has 1 N–H and O–H groups in total. The number of carboxylic acids is 1. The third kappa shape index (κ3) is 0.511. The minimum atomic E-state index is -1.03. The van der Waals surface area contributed by atoms with Crippen LogP contribution in [0.1, 0.15) is 0 Å². The monoisotopic (exact) mass is 154 g/mol. The Morgan fingerprint density at radius 2 is 2.45 bits per heavy atom. The highest BCUT2D eigenvalue weighted by Crippen LogP contribution is 2.51. The third-order valence-electron chi connectivity index (χ3n) is 2.42. The number of epoxide rings is 2. The summed E-state index contributed by atoms with van der Waals surface area (Å²) in [6, 6.07) is 0. The Bertz CT molecular complexity index is 272. The summed E-state index contributed by atoms with van der Waals surface area (Å²) in [5.41, 5.74) is -1.03. The number of carbonyl (C=O) groups is 1. The van der Waals surface area contributed by atoms with E-state index in [9.17, 15) is 4.79 Å². The second-order valence-corrected chi connectivity index (χ2v) is 3.06. The smallest absolute Gasteiger partial charge is 0.342 e. The molecule has 2 heterocycles. The van der Waals surface area contributed by atoms with E-state index in [4.69, 9.17) is 14.6 Å². The van der Waals surface area contributed by atoms with Crippen molar-refractivity contribution in [3.63, 3.8) is 0 Å². The van der Waals surface area contributed by atoms with Crippen LogP contribution in [0.3, 0.4) is 0 Å². The van der Waals surface area contributed by atoms with Gasteiger partial charge in [0, 0.05) is 0 Å². The maximum absolute atomic E-state index is 10.7. The van der Waals surface area contributed by atoms with E-state index in [1.54, 1.807) is 12.2 Å². The molecule has 0 saturated carbocycles. The van der Waals surface area contributed by atoms with Crippen LogP contribution in [0.4, 0.5) is 0 Å². The van der Waals surface area contributed by atoms with Crippen molar-refractivity contribution in [2.45, 2.75) is 23.9 Å². The molecule has 0 spiro atoms. The van der Waals surface area contributed by atoms with E-state index in [-0.39, 0.29) is 18.3 Å². The van der Waals surface area contributed by atoms with Crippen molar-refractivity contribution in [3.8, 4) is 0 Å². The van der Waals surface area contributed by atoms with E-state index < -0.39 is 11.6 Å². The molecule has 3 rings (SSSR count). The van der Waals surface area contributed by atoms with Gasteiger partial charge in [-0.05, 0) is 6.08 Å². The van der Waals surface area contributed by atoms with Crippen LogP contribution in [0.2, 0.25) is 0 Å². The van der Waals surface area contributed by atoms with Crippen molar-refractivity contribution < 1.29 is 19.4 Å². The molecule has 4 unspecified atom stereocenters. The zero-order valence-electron chi connectivity index (χ0n) is 5.56. The number of aliphatic carboxylic acids is 1. The van der Waals surface area contributed by atoms with Crippen LogP contribution in [0.25, 0.3) is 0 Å². The van der Waals surface area contributed by atoms with E-state index in [1.165, 1.54) is 0 Å². The lowest BCUT2D eigenvalue weighted by molar-refractivity contribution is -0.141. The molecule has 4 heteroatoms. The average molecular weight is 154 g/mol. The minimum Gasteiger partial charge on any atom is -0.479 e. The summed E-state index contributed by atoms with van der Waals surface area (Å²) in [4.78, 5) is 10.7. The van der Waals surface area contributed by atoms with E-state index >= 15 is 0 Å². The highest BCUT2D eigenvalue weighted by molar-refractivity contribution is 5.85. The molecule has 0 aromatic carbocycles. The molecule has 0 aromatic rings. The van der Waals surface area contributed by atoms with Crippen molar-refractivity contribution in [3.05, 3.63) is 12.2 Å². The molecule has 4 nitrogen and oxygen atoms in total. The summed E-state index contributed by atoms with van der Waals surface area (Å²) in [7, 11) is 0. The maximum Gasteiger partial charge on any atom is 0.342 e. The van der Waals surface area contributed by atoms with E-state index in [0.717, 1.165) is 0 Å². The second-order valence-electron chi connectivity index (χ2n) is 3.06. The number of rotatable bonds is 1. The quantitative estimate of drug-likeness (QED) is 0.410. The van der Waals surface area contributed by atoms with E-state index in [1.807, 2.05) is 0 Å². The first-order valence-electron chi connectivity index (χ1n) is 3.50. The number of fused-ring (bicyclic) bond motifs is 3. The summed E-state index contributed by atoms with van der Waals surface area (Å²) < 4.78 is 10.2. The Kier molecular flexibility index (Phi) is 0.705. The predicted octanol–water partition coefficient (Wildman–Crippen LogP) is -0.454. The van der Waals surface area contributed by atoms with Gasteiger partial charge < -0.3 is 14.6 Å².